The Labute approximate surface area is 216 Å². The van der Waals surface area contributed by atoms with Gasteiger partial charge in [0.25, 0.3) is 0 Å². The summed E-state index contributed by atoms with van der Waals surface area (Å²) < 4.78 is 0. The molecule has 5 aliphatic rings. The van der Waals surface area contributed by atoms with Crippen molar-refractivity contribution in [2.24, 2.45) is 50.2 Å². The molecule has 5 rings (SSSR count). The van der Waals surface area contributed by atoms with E-state index < -0.39 is 40.5 Å². The van der Waals surface area contributed by atoms with Crippen LogP contribution in [0.3, 0.4) is 0 Å². The van der Waals surface area contributed by atoms with Crippen molar-refractivity contribution in [1.29, 1.82) is 0 Å². The third kappa shape index (κ3) is 3.02. The van der Waals surface area contributed by atoms with E-state index >= 15 is 0 Å². The quantitative estimate of drug-likeness (QED) is 0.361. The Morgan fingerprint density at radius 2 is 1.58 bits per heavy atom. The van der Waals surface area contributed by atoms with Gasteiger partial charge in [-0.3, -0.25) is 4.79 Å². The maximum atomic E-state index is 12.8. The Morgan fingerprint density at radius 3 is 2.19 bits per heavy atom. The Bertz CT molecular complexity index is 974. The van der Waals surface area contributed by atoms with E-state index in [1.165, 1.54) is 5.57 Å². The van der Waals surface area contributed by atoms with E-state index in [2.05, 4.69) is 40.7 Å². The van der Waals surface area contributed by atoms with Gasteiger partial charge in [-0.1, -0.05) is 53.2 Å². The molecule has 0 spiro atoms. The zero-order chi connectivity index (χ0) is 26.7. The number of aliphatic hydroxyl groups excluding tert-OH is 4. The van der Waals surface area contributed by atoms with Crippen molar-refractivity contribution in [3.63, 3.8) is 0 Å². The third-order valence-electron chi connectivity index (χ3n) is 13.2. The van der Waals surface area contributed by atoms with Crippen LogP contribution in [0.25, 0.3) is 0 Å². The molecule has 204 valence electrons. The van der Waals surface area contributed by atoms with E-state index in [0.29, 0.717) is 25.7 Å². The minimum atomic E-state index is -1.03. The number of allylic oxidation sites excluding steroid dienone is 2. The van der Waals surface area contributed by atoms with Gasteiger partial charge in [0.1, 0.15) is 0 Å². The normalized spacial score (nSPS) is 55.9. The topological polar surface area (TPSA) is 118 Å². The molecule has 0 aliphatic heterocycles. The molecule has 11 unspecified atom stereocenters. The average molecular weight is 505 g/mol. The SMILES string of the molecule is CC1(C)CCC2(C(=O)O)CCC3(C)C(=CCC4C5(C)CC(O)C(O)C(C)(CO)C5CC(O)C43C)C2C1. The summed E-state index contributed by atoms with van der Waals surface area (Å²) in [5.74, 6) is -0.781. The molecule has 0 aromatic rings. The molecule has 5 N–H and O–H groups in total. The number of aliphatic carboxylic acids is 1. The summed E-state index contributed by atoms with van der Waals surface area (Å²) in [5, 5.41) is 54.8. The van der Waals surface area contributed by atoms with Gasteiger partial charge in [0.05, 0.1) is 30.3 Å². The smallest absolute Gasteiger partial charge is 0.310 e. The van der Waals surface area contributed by atoms with Gasteiger partial charge in [0.15, 0.2) is 0 Å². The lowest BCUT2D eigenvalue weighted by Crippen LogP contribution is -2.71. The van der Waals surface area contributed by atoms with Gasteiger partial charge in [-0.25, -0.2) is 0 Å². The molecule has 36 heavy (non-hydrogen) atoms. The summed E-state index contributed by atoms with van der Waals surface area (Å²) in [6, 6.07) is 0. The fourth-order valence-corrected chi connectivity index (χ4v) is 10.7. The first kappa shape index (κ1) is 26.6. The number of hydrogen-bond donors (Lipinski definition) is 5. The second-order valence-electron chi connectivity index (χ2n) is 15.1. The number of rotatable bonds is 2. The molecule has 0 radical (unpaired) electrons. The highest BCUT2D eigenvalue weighted by molar-refractivity contribution is 5.76. The van der Waals surface area contributed by atoms with Crippen LogP contribution in [0, 0.1) is 50.2 Å². The second-order valence-corrected chi connectivity index (χ2v) is 15.1. The van der Waals surface area contributed by atoms with E-state index in [4.69, 9.17) is 0 Å². The molecule has 0 amide bonds. The molecule has 6 nitrogen and oxygen atoms in total. The monoisotopic (exact) mass is 504 g/mol. The summed E-state index contributed by atoms with van der Waals surface area (Å²) in [4.78, 5) is 12.8. The molecule has 0 aromatic heterocycles. The summed E-state index contributed by atoms with van der Waals surface area (Å²) in [6.45, 7) is 12.8. The zero-order valence-corrected chi connectivity index (χ0v) is 23.0. The maximum absolute atomic E-state index is 12.8. The Balaban J connectivity index is 1.65. The molecule has 0 aromatic carbocycles. The van der Waals surface area contributed by atoms with Crippen LogP contribution in [-0.4, -0.2) is 56.4 Å². The highest BCUT2D eigenvalue weighted by atomic mass is 16.4. The van der Waals surface area contributed by atoms with Crippen molar-refractivity contribution in [2.45, 2.75) is 111 Å². The van der Waals surface area contributed by atoms with E-state index in [1.54, 1.807) is 0 Å². The zero-order valence-electron chi connectivity index (χ0n) is 23.0. The summed E-state index contributed by atoms with van der Waals surface area (Å²) in [5.41, 5.74) is -1.51. The molecule has 4 fully saturated rings. The van der Waals surface area contributed by atoms with Crippen LogP contribution >= 0.6 is 0 Å². The fraction of sp³-hybridized carbons (Fsp3) is 0.900. The molecular weight excluding hydrogens is 456 g/mol. The van der Waals surface area contributed by atoms with Crippen molar-refractivity contribution in [1.82, 2.24) is 0 Å². The van der Waals surface area contributed by atoms with Crippen molar-refractivity contribution >= 4 is 5.97 Å². The van der Waals surface area contributed by atoms with Crippen LogP contribution in [0.4, 0.5) is 0 Å². The Hall–Kier alpha value is -0.950. The number of fused-ring (bicyclic) bond motifs is 7. The standard InChI is InChI=1S/C30H48O6/c1-25(2)9-11-30(24(35)36)12-10-28(5)17(18(30)14-25)7-8-20-26(3)15-19(32)23(34)27(4,16-31)21(26)13-22(33)29(20,28)6/h7,18-23,31-34H,8-16H2,1-6H3,(H,35,36). The number of carboxylic acids is 1. The van der Waals surface area contributed by atoms with Gasteiger partial charge in [-0.05, 0) is 85.4 Å². The number of aliphatic hydroxyl groups is 4. The van der Waals surface area contributed by atoms with Gasteiger partial charge >= 0.3 is 5.97 Å². The minimum Gasteiger partial charge on any atom is -0.481 e. The molecule has 11 atom stereocenters. The predicted octanol–water partition coefficient (Wildman–Crippen LogP) is 4.15. The van der Waals surface area contributed by atoms with Gasteiger partial charge in [-0.2, -0.15) is 0 Å². The minimum absolute atomic E-state index is 0.0329. The van der Waals surface area contributed by atoms with E-state index in [9.17, 15) is 30.3 Å². The first-order valence-electron chi connectivity index (χ1n) is 14.1. The molecule has 4 saturated carbocycles. The first-order valence-corrected chi connectivity index (χ1v) is 14.1. The van der Waals surface area contributed by atoms with Crippen molar-refractivity contribution in [3.8, 4) is 0 Å². The van der Waals surface area contributed by atoms with Crippen LogP contribution in [0.2, 0.25) is 0 Å². The molecule has 6 heteroatoms. The van der Waals surface area contributed by atoms with Crippen molar-refractivity contribution in [2.75, 3.05) is 6.61 Å². The largest absolute Gasteiger partial charge is 0.481 e. The Morgan fingerprint density at radius 1 is 0.944 bits per heavy atom. The number of hydrogen-bond acceptors (Lipinski definition) is 5. The van der Waals surface area contributed by atoms with E-state index in [1.807, 2.05) is 6.92 Å². The molecule has 0 saturated heterocycles. The lowest BCUT2D eigenvalue weighted by molar-refractivity contribution is -0.271. The van der Waals surface area contributed by atoms with E-state index in [-0.39, 0.29) is 40.6 Å². The molecular formula is C30H48O6. The van der Waals surface area contributed by atoms with Crippen LogP contribution in [0.1, 0.15) is 92.9 Å². The molecule has 0 bridgehead atoms. The molecule has 0 heterocycles. The third-order valence-corrected chi connectivity index (χ3v) is 13.2. The van der Waals surface area contributed by atoms with Crippen LogP contribution < -0.4 is 0 Å². The summed E-state index contributed by atoms with van der Waals surface area (Å²) >= 11 is 0. The number of carbonyl (C=O) groups is 1. The van der Waals surface area contributed by atoms with Crippen molar-refractivity contribution in [3.05, 3.63) is 11.6 Å². The summed E-state index contributed by atoms with van der Waals surface area (Å²) in [7, 11) is 0. The second kappa shape index (κ2) is 7.80. The van der Waals surface area contributed by atoms with E-state index in [0.717, 1.165) is 25.7 Å². The first-order chi connectivity index (χ1) is 16.5. The highest BCUT2D eigenvalue weighted by Crippen LogP contribution is 2.75. The van der Waals surface area contributed by atoms with Crippen LogP contribution in [0.5, 0.6) is 0 Å². The fourth-order valence-electron chi connectivity index (χ4n) is 10.7. The van der Waals surface area contributed by atoms with Crippen LogP contribution in [-0.2, 0) is 4.79 Å². The number of carboxylic acid groups (broad SMARTS) is 1. The van der Waals surface area contributed by atoms with Crippen molar-refractivity contribution < 1.29 is 30.3 Å². The maximum Gasteiger partial charge on any atom is 0.310 e. The predicted molar refractivity (Wildman–Crippen MR) is 137 cm³/mol. The Kier molecular flexibility index (Phi) is 5.77. The van der Waals surface area contributed by atoms with Gasteiger partial charge in [0, 0.05) is 10.8 Å². The molecule has 5 aliphatic carbocycles. The van der Waals surface area contributed by atoms with Gasteiger partial charge < -0.3 is 25.5 Å². The summed E-state index contributed by atoms with van der Waals surface area (Å²) in [6.07, 6.45) is 5.19. The lowest BCUT2D eigenvalue weighted by Gasteiger charge is -2.72. The lowest BCUT2D eigenvalue weighted by atomic mass is 9.32. The average Bonchev–Trinajstić information content (AvgIpc) is 2.80. The van der Waals surface area contributed by atoms with Crippen LogP contribution in [0.15, 0.2) is 11.6 Å². The highest BCUT2D eigenvalue weighted by Gasteiger charge is 2.72. The van der Waals surface area contributed by atoms with Gasteiger partial charge in [-0.15, -0.1) is 0 Å². The van der Waals surface area contributed by atoms with Gasteiger partial charge in [0.2, 0.25) is 0 Å².